The van der Waals surface area contributed by atoms with Crippen LogP contribution in [0.4, 0.5) is 11.4 Å². The fourth-order valence-electron chi connectivity index (χ4n) is 2.27. The summed E-state index contributed by atoms with van der Waals surface area (Å²) >= 11 is 0. The van der Waals surface area contributed by atoms with Crippen molar-refractivity contribution in [2.75, 3.05) is 9.44 Å². The van der Waals surface area contributed by atoms with Crippen molar-refractivity contribution in [2.45, 2.75) is 9.79 Å². The van der Waals surface area contributed by atoms with Crippen molar-refractivity contribution in [1.82, 2.24) is 0 Å². The molecule has 2 N–H and O–H groups in total. The minimum absolute atomic E-state index is 0.121. The summed E-state index contributed by atoms with van der Waals surface area (Å²) in [6.45, 7) is 0. The van der Waals surface area contributed by atoms with Gasteiger partial charge in [0.2, 0.25) is 0 Å². The van der Waals surface area contributed by atoms with Crippen LogP contribution < -0.4 is 9.44 Å². The Morgan fingerprint density at radius 1 is 0.500 bits per heavy atom. The molecule has 0 aliphatic carbocycles. The first-order valence-electron chi connectivity index (χ1n) is 7.63. The number of anilines is 2. The van der Waals surface area contributed by atoms with Gasteiger partial charge in [-0.2, -0.15) is 0 Å². The van der Waals surface area contributed by atoms with Crippen molar-refractivity contribution >= 4 is 31.4 Å². The van der Waals surface area contributed by atoms with Gasteiger partial charge in [-0.25, -0.2) is 16.8 Å². The standard InChI is InChI=1S/C18H16N2O4S2/c21-25(22,17-10-3-1-4-11-17)19-15-8-7-9-16(14-15)20-26(23,24)18-12-5-2-6-13-18/h1-14,19-20H. The quantitative estimate of drug-likeness (QED) is 0.678. The molecule has 0 aromatic heterocycles. The average molecular weight is 388 g/mol. The normalized spacial score (nSPS) is 11.7. The van der Waals surface area contributed by atoms with E-state index in [-0.39, 0.29) is 21.2 Å². The lowest BCUT2D eigenvalue weighted by atomic mass is 10.3. The molecule has 8 heteroatoms. The molecule has 0 fully saturated rings. The Morgan fingerprint density at radius 3 is 1.27 bits per heavy atom. The van der Waals surface area contributed by atoms with Crippen molar-refractivity contribution in [3.8, 4) is 0 Å². The summed E-state index contributed by atoms with van der Waals surface area (Å²) in [4.78, 5) is 0.241. The molecule has 3 aromatic rings. The van der Waals surface area contributed by atoms with Crippen molar-refractivity contribution < 1.29 is 16.8 Å². The first-order chi connectivity index (χ1) is 12.4. The third kappa shape index (κ3) is 4.22. The molecule has 0 aliphatic heterocycles. The smallest absolute Gasteiger partial charge is 0.261 e. The summed E-state index contributed by atoms with van der Waals surface area (Å²) in [5.41, 5.74) is 0.504. The molecule has 0 amide bonds. The maximum absolute atomic E-state index is 12.4. The molecular weight excluding hydrogens is 372 g/mol. The molecule has 3 aromatic carbocycles. The SMILES string of the molecule is O=S(=O)(Nc1cccc(NS(=O)(=O)c2ccccc2)c1)c1ccccc1. The Morgan fingerprint density at radius 2 is 0.885 bits per heavy atom. The van der Waals surface area contributed by atoms with E-state index in [1.54, 1.807) is 54.6 Å². The van der Waals surface area contributed by atoms with Crippen molar-refractivity contribution in [2.24, 2.45) is 0 Å². The van der Waals surface area contributed by atoms with Gasteiger partial charge in [0, 0.05) is 0 Å². The zero-order valence-electron chi connectivity index (χ0n) is 13.5. The number of rotatable bonds is 6. The summed E-state index contributed by atoms with van der Waals surface area (Å²) in [5.74, 6) is 0. The van der Waals surface area contributed by atoms with Crippen LogP contribution in [0.15, 0.2) is 94.7 Å². The van der Waals surface area contributed by atoms with Crippen LogP contribution in [-0.4, -0.2) is 16.8 Å². The van der Waals surface area contributed by atoms with E-state index in [9.17, 15) is 16.8 Å². The topological polar surface area (TPSA) is 92.3 Å². The largest absolute Gasteiger partial charge is 0.280 e. The lowest BCUT2D eigenvalue weighted by Gasteiger charge is -2.11. The Balaban J connectivity index is 1.83. The second kappa shape index (κ2) is 7.19. The van der Waals surface area contributed by atoms with Crippen LogP contribution in [0.1, 0.15) is 0 Å². The highest BCUT2D eigenvalue weighted by molar-refractivity contribution is 7.93. The van der Waals surface area contributed by atoms with Crippen LogP contribution in [0.25, 0.3) is 0 Å². The first kappa shape index (κ1) is 18.0. The predicted octanol–water partition coefficient (Wildman–Crippen LogP) is 3.29. The van der Waals surface area contributed by atoms with Gasteiger partial charge < -0.3 is 0 Å². The summed E-state index contributed by atoms with van der Waals surface area (Å²) in [5, 5.41) is 0. The molecule has 0 bridgehead atoms. The van der Waals surface area contributed by atoms with Gasteiger partial charge in [0.1, 0.15) is 0 Å². The number of benzene rings is 3. The molecule has 0 unspecified atom stereocenters. The highest BCUT2D eigenvalue weighted by Crippen LogP contribution is 2.21. The first-order valence-corrected chi connectivity index (χ1v) is 10.6. The van der Waals surface area contributed by atoms with E-state index in [0.717, 1.165) is 0 Å². The van der Waals surface area contributed by atoms with E-state index >= 15 is 0 Å². The third-order valence-corrected chi connectivity index (χ3v) is 6.27. The highest BCUT2D eigenvalue weighted by Gasteiger charge is 2.16. The van der Waals surface area contributed by atoms with Gasteiger partial charge in [-0.05, 0) is 42.5 Å². The van der Waals surface area contributed by atoms with Gasteiger partial charge in [-0.1, -0.05) is 42.5 Å². The maximum Gasteiger partial charge on any atom is 0.261 e. The Labute approximate surface area is 152 Å². The second-order valence-electron chi connectivity index (χ2n) is 5.42. The van der Waals surface area contributed by atoms with E-state index in [1.165, 1.54) is 30.3 Å². The molecule has 0 saturated heterocycles. The Kier molecular flexibility index (Phi) is 4.97. The van der Waals surface area contributed by atoms with Crippen LogP contribution in [0, 0.1) is 0 Å². The van der Waals surface area contributed by atoms with Gasteiger partial charge in [-0.15, -0.1) is 0 Å². The van der Waals surface area contributed by atoms with Crippen LogP contribution >= 0.6 is 0 Å². The average Bonchev–Trinajstić information content (AvgIpc) is 2.63. The number of hydrogen-bond donors (Lipinski definition) is 2. The third-order valence-electron chi connectivity index (χ3n) is 3.47. The molecule has 0 atom stereocenters. The minimum Gasteiger partial charge on any atom is -0.280 e. The van der Waals surface area contributed by atoms with Crippen molar-refractivity contribution in [3.05, 3.63) is 84.9 Å². The van der Waals surface area contributed by atoms with E-state index in [2.05, 4.69) is 9.44 Å². The summed E-state index contributed by atoms with van der Waals surface area (Å²) in [6, 6.07) is 21.9. The second-order valence-corrected chi connectivity index (χ2v) is 8.78. The predicted molar refractivity (Wildman–Crippen MR) is 101 cm³/mol. The van der Waals surface area contributed by atoms with E-state index in [0.29, 0.717) is 0 Å². The summed E-state index contributed by atoms with van der Waals surface area (Å²) in [7, 11) is -7.51. The molecular formula is C18H16N2O4S2. The van der Waals surface area contributed by atoms with Crippen LogP contribution in [-0.2, 0) is 20.0 Å². The van der Waals surface area contributed by atoms with Gasteiger partial charge >= 0.3 is 0 Å². The van der Waals surface area contributed by atoms with Gasteiger partial charge in [0.25, 0.3) is 20.0 Å². The lowest BCUT2D eigenvalue weighted by Crippen LogP contribution is -2.14. The van der Waals surface area contributed by atoms with E-state index in [1.807, 2.05) is 0 Å². The summed E-state index contributed by atoms with van der Waals surface area (Å²) in [6.07, 6.45) is 0. The molecule has 0 aliphatic rings. The fraction of sp³-hybridized carbons (Fsp3) is 0. The molecule has 3 rings (SSSR count). The number of hydrogen-bond acceptors (Lipinski definition) is 4. The lowest BCUT2D eigenvalue weighted by molar-refractivity contribution is 0.599. The maximum atomic E-state index is 12.4. The Hall–Kier alpha value is -2.84. The van der Waals surface area contributed by atoms with Crippen LogP contribution in [0.2, 0.25) is 0 Å². The zero-order valence-corrected chi connectivity index (χ0v) is 15.2. The summed E-state index contributed by atoms with van der Waals surface area (Å²) < 4.78 is 54.4. The fourth-order valence-corrected chi connectivity index (χ4v) is 4.41. The van der Waals surface area contributed by atoms with Crippen LogP contribution in [0.3, 0.4) is 0 Å². The van der Waals surface area contributed by atoms with E-state index < -0.39 is 20.0 Å². The zero-order chi connectivity index (χ0) is 18.6. The molecule has 6 nitrogen and oxygen atoms in total. The van der Waals surface area contributed by atoms with Crippen LogP contribution in [0.5, 0.6) is 0 Å². The monoisotopic (exact) mass is 388 g/mol. The van der Waals surface area contributed by atoms with Gasteiger partial charge in [0.05, 0.1) is 21.2 Å². The van der Waals surface area contributed by atoms with E-state index in [4.69, 9.17) is 0 Å². The van der Waals surface area contributed by atoms with Gasteiger partial charge in [0.15, 0.2) is 0 Å². The minimum atomic E-state index is -3.75. The molecule has 26 heavy (non-hydrogen) atoms. The number of nitrogens with one attached hydrogen (secondary N) is 2. The highest BCUT2D eigenvalue weighted by atomic mass is 32.2. The molecule has 0 saturated carbocycles. The molecule has 0 heterocycles. The number of sulfonamides is 2. The Bertz CT molecular complexity index is 1010. The molecule has 134 valence electrons. The van der Waals surface area contributed by atoms with Crippen molar-refractivity contribution in [3.63, 3.8) is 0 Å². The molecule has 0 radical (unpaired) electrons. The van der Waals surface area contributed by atoms with Crippen molar-refractivity contribution in [1.29, 1.82) is 0 Å². The molecule has 0 spiro atoms. The van der Waals surface area contributed by atoms with Gasteiger partial charge in [-0.3, -0.25) is 9.44 Å².